The SMILES string of the molecule is CCC(C)(C)C(=O)OCC(=O)OC1(C)C2CC3CC(C2)CC1C3.CCC(C)c1ccc(O)cc1. The maximum Gasteiger partial charge on any atom is 0.344 e. The van der Waals surface area contributed by atoms with Crippen molar-refractivity contribution in [2.45, 2.75) is 98.0 Å². The molecule has 0 heterocycles. The van der Waals surface area contributed by atoms with Crippen molar-refractivity contribution in [2.24, 2.45) is 29.1 Å². The van der Waals surface area contributed by atoms with Gasteiger partial charge in [0.25, 0.3) is 0 Å². The van der Waals surface area contributed by atoms with Crippen LogP contribution in [0.3, 0.4) is 0 Å². The maximum absolute atomic E-state index is 12.3. The number of phenols is 1. The lowest BCUT2D eigenvalue weighted by Gasteiger charge is -2.59. The van der Waals surface area contributed by atoms with Gasteiger partial charge in [0.15, 0.2) is 6.61 Å². The van der Waals surface area contributed by atoms with E-state index in [9.17, 15) is 9.59 Å². The fraction of sp³-hybridized carbons (Fsp3) is 0.724. The number of hydrogen-bond acceptors (Lipinski definition) is 5. The number of benzene rings is 1. The van der Waals surface area contributed by atoms with Crippen molar-refractivity contribution in [1.82, 2.24) is 0 Å². The van der Waals surface area contributed by atoms with E-state index in [1.165, 1.54) is 37.7 Å². The molecule has 0 spiro atoms. The van der Waals surface area contributed by atoms with Gasteiger partial charge in [-0.05, 0) is 113 Å². The average molecular weight is 473 g/mol. The second kappa shape index (κ2) is 10.7. The Labute approximate surface area is 205 Å². The van der Waals surface area contributed by atoms with Gasteiger partial charge in [0.1, 0.15) is 11.4 Å². The molecule has 1 N–H and O–H groups in total. The molecule has 4 fully saturated rings. The van der Waals surface area contributed by atoms with Gasteiger partial charge >= 0.3 is 11.9 Å². The summed E-state index contributed by atoms with van der Waals surface area (Å²) in [6.07, 6.45) is 7.98. The fourth-order valence-electron chi connectivity index (χ4n) is 6.06. The Morgan fingerprint density at radius 1 is 1.03 bits per heavy atom. The van der Waals surface area contributed by atoms with E-state index in [4.69, 9.17) is 14.6 Å². The Bertz CT molecular complexity index is 813. The smallest absolute Gasteiger partial charge is 0.344 e. The molecule has 1 unspecified atom stereocenters. The first-order valence-corrected chi connectivity index (χ1v) is 13.2. The highest BCUT2D eigenvalue weighted by Gasteiger charge is 2.57. The molecule has 190 valence electrons. The molecular weight excluding hydrogens is 428 g/mol. The van der Waals surface area contributed by atoms with Crippen LogP contribution in [0.25, 0.3) is 0 Å². The highest BCUT2D eigenvalue weighted by Crippen LogP contribution is 2.59. The predicted octanol–water partition coefficient (Wildman–Crippen LogP) is 6.63. The third-order valence-corrected chi connectivity index (χ3v) is 8.93. The number of aromatic hydroxyl groups is 1. The van der Waals surface area contributed by atoms with Crippen molar-refractivity contribution in [3.63, 3.8) is 0 Å². The highest BCUT2D eigenvalue weighted by atomic mass is 16.6. The van der Waals surface area contributed by atoms with E-state index >= 15 is 0 Å². The number of esters is 2. The number of rotatable bonds is 7. The summed E-state index contributed by atoms with van der Waals surface area (Å²) in [5.74, 6) is 2.89. The van der Waals surface area contributed by atoms with Crippen molar-refractivity contribution in [3.05, 3.63) is 29.8 Å². The van der Waals surface area contributed by atoms with E-state index in [0.717, 1.165) is 18.3 Å². The Morgan fingerprint density at radius 3 is 2.03 bits per heavy atom. The summed E-state index contributed by atoms with van der Waals surface area (Å²) >= 11 is 0. The van der Waals surface area contributed by atoms with Crippen LogP contribution in [0.4, 0.5) is 0 Å². The Morgan fingerprint density at radius 2 is 1.56 bits per heavy atom. The standard InChI is InChI=1S/C19H30O4.C10H14O/c1-5-18(2,3)17(21)22-11-16(20)23-19(4)14-7-12-6-13(9-14)10-15(19)8-12;1-3-8(2)9-4-6-10(11)7-5-9/h12-15H,5-11H2,1-4H3;4-8,11H,3H2,1-2H3. The second-order valence-electron chi connectivity index (χ2n) is 11.7. The summed E-state index contributed by atoms with van der Waals surface area (Å²) in [5, 5.41) is 9.01. The van der Waals surface area contributed by atoms with E-state index in [2.05, 4.69) is 20.8 Å². The molecule has 5 rings (SSSR count). The normalized spacial score (nSPS) is 30.2. The van der Waals surface area contributed by atoms with Crippen LogP contribution in [0.2, 0.25) is 0 Å². The van der Waals surface area contributed by atoms with Gasteiger partial charge in [0.2, 0.25) is 0 Å². The van der Waals surface area contributed by atoms with Gasteiger partial charge in [0, 0.05) is 0 Å². The molecule has 1 aromatic rings. The molecule has 1 aromatic carbocycles. The average Bonchev–Trinajstić information content (AvgIpc) is 2.81. The molecule has 1 atom stereocenters. The number of phenolic OH excluding ortho intramolecular Hbond substituents is 1. The first-order valence-electron chi connectivity index (χ1n) is 13.2. The molecule has 34 heavy (non-hydrogen) atoms. The van der Waals surface area contributed by atoms with Gasteiger partial charge < -0.3 is 14.6 Å². The zero-order valence-electron chi connectivity index (χ0n) is 21.9. The number of carbonyl (C=O) groups is 2. The van der Waals surface area contributed by atoms with E-state index in [1.807, 2.05) is 32.9 Å². The molecule has 4 aliphatic rings. The summed E-state index contributed by atoms with van der Waals surface area (Å²) in [5.41, 5.74) is 0.398. The van der Waals surface area contributed by atoms with E-state index < -0.39 is 5.41 Å². The van der Waals surface area contributed by atoms with E-state index in [1.54, 1.807) is 12.1 Å². The summed E-state index contributed by atoms with van der Waals surface area (Å²) in [6.45, 7) is 11.8. The van der Waals surface area contributed by atoms with Gasteiger partial charge in [-0.15, -0.1) is 0 Å². The third kappa shape index (κ3) is 5.95. The molecule has 0 saturated heterocycles. The number of carbonyl (C=O) groups excluding carboxylic acids is 2. The van der Waals surface area contributed by atoms with Gasteiger partial charge in [0.05, 0.1) is 5.41 Å². The quantitative estimate of drug-likeness (QED) is 0.451. The minimum absolute atomic E-state index is 0.260. The van der Waals surface area contributed by atoms with Crippen LogP contribution >= 0.6 is 0 Å². The zero-order valence-corrected chi connectivity index (χ0v) is 21.9. The lowest BCUT2D eigenvalue weighted by molar-refractivity contribution is -0.208. The first kappa shape index (κ1) is 26.6. The van der Waals surface area contributed by atoms with Gasteiger partial charge in [-0.2, -0.15) is 0 Å². The summed E-state index contributed by atoms with van der Waals surface area (Å²) in [6, 6.07) is 7.43. The lowest BCUT2D eigenvalue weighted by atomic mass is 9.50. The van der Waals surface area contributed by atoms with Crippen LogP contribution in [0.15, 0.2) is 24.3 Å². The van der Waals surface area contributed by atoms with Crippen molar-refractivity contribution in [1.29, 1.82) is 0 Å². The Hall–Kier alpha value is -2.04. The lowest BCUT2D eigenvalue weighted by Crippen LogP contribution is -2.58. The van der Waals surface area contributed by atoms with Crippen LogP contribution in [-0.4, -0.2) is 29.3 Å². The molecule has 5 nitrogen and oxygen atoms in total. The zero-order chi connectivity index (χ0) is 25.1. The van der Waals surface area contributed by atoms with Crippen LogP contribution < -0.4 is 0 Å². The molecule has 4 bridgehead atoms. The highest BCUT2D eigenvalue weighted by molar-refractivity contribution is 5.80. The van der Waals surface area contributed by atoms with Crippen LogP contribution in [0, 0.1) is 29.1 Å². The Kier molecular flexibility index (Phi) is 8.36. The van der Waals surface area contributed by atoms with Crippen LogP contribution in [0.1, 0.15) is 98.0 Å². The van der Waals surface area contributed by atoms with Crippen LogP contribution in [-0.2, 0) is 19.1 Å². The van der Waals surface area contributed by atoms with E-state index in [-0.39, 0.29) is 24.1 Å². The predicted molar refractivity (Wildman–Crippen MR) is 133 cm³/mol. The van der Waals surface area contributed by atoms with Crippen LogP contribution in [0.5, 0.6) is 5.75 Å². The number of hydrogen-bond donors (Lipinski definition) is 1. The Balaban J connectivity index is 0.000000248. The minimum atomic E-state index is -0.549. The topological polar surface area (TPSA) is 72.8 Å². The van der Waals surface area contributed by atoms with Gasteiger partial charge in [-0.25, -0.2) is 4.79 Å². The third-order valence-electron chi connectivity index (χ3n) is 8.93. The first-order chi connectivity index (χ1) is 16.0. The molecular formula is C29H44O5. The van der Waals surface area contributed by atoms with Gasteiger partial charge in [-0.1, -0.05) is 32.9 Å². The monoisotopic (exact) mass is 472 g/mol. The molecule has 0 amide bonds. The van der Waals surface area contributed by atoms with Gasteiger partial charge in [-0.3, -0.25) is 4.79 Å². The van der Waals surface area contributed by atoms with E-state index in [0.29, 0.717) is 29.9 Å². The fourth-order valence-corrected chi connectivity index (χ4v) is 6.06. The summed E-state index contributed by atoms with van der Waals surface area (Å²) < 4.78 is 11.1. The summed E-state index contributed by atoms with van der Waals surface area (Å²) in [4.78, 5) is 24.2. The molecule has 0 aromatic heterocycles. The molecule has 0 radical (unpaired) electrons. The second-order valence-corrected chi connectivity index (χ2v) is 11.7. The van der Waals surface area contributed by atoms with Crippen molar-refractivity contribution < 1.29 is 24.2 Å². The van der Waals surface area contributed by atoms with Crippen molar-refractivity contribution in [2.75, 3.05) is 6.61 Å². The largest absolute Gasteiger partial charge is 0.508 e. The molecule has 0 aliphatic heterocycles. The molecule has 5 heteroatoms. The maximum atomic E-state index is 12.3. The van der Waals surface area contributed by atoms with Crippen molar-refractivity contribution in [3.8, 4) is 5.75 Å². The molecule has 4 aliphatic carbocycles. The minimum Gasteiger partial charge on any atom is -0.508 e. The molecule has 4 saturated carbocycles. The van der Waals surface area contributed by atoms with Crippen molar-refractivity contribution >= 4 is 11.9 Å². The summed E-state index contributed by atoms with van der Waals surface area (Å²) in [7, 11) is 0. The number of ether oxygens (including phenoxy) is 2.